The van der Waals surface area contributed by atoms with Crippen molar-refractivity contribution in [2.45, 2.75) is 91.0 Å². The summed E-state index contributed by atoms with van der Waals surface area (Å²) >= 11 is 0. The third-order valence-electron chi connectivity index (χ3n) is 3.32. The highest BCUT2D eigenvalue weighted by atomic mass is 16.6. The number of carboxylic acids is 1. The van der Waals surface area contributed by atoms with E-state index in [2.05, 4.69) is 16.0 Å². The summed E-state index contributed by atoms with van der Waals surface area (Å²) in [5.74, 6) is -1.80. The maximum atomic E-state index is 12.4. The highest BCUT2D eigenvalue weighted by molar-refractivity contribution is 5.89. The van der Waals surface area contributed by atoms with Crippen LogP contribution in [0.1, 0.15) is 67.7 Å². The minimum Gasteiger partial charge on any atom is -0.480 e. The predicted molar refractivity (Wildman–Crippen MR) is 106 cm³/mol. The van der Waals surface area contributed by atoms with Gasteiger partial charge >= 0.3 is 18.2 Å². The molecule has 0 aromatic heterocycles. The van der Waals surface area contributed by atoms with Crippen molar-refractivity contribution in [3.05, 3.63) is 0 Å². The second-order valence-corrected chi connectivity index (χ2v) is 8.69. The van der Waals surface area contributed by atoms with E-state index in [1.807, 2.05) is 0 Å². The van der Waals surface area contributed by atoms with Crippen molar-refractivity contribution >= 4 is 24.1 Å². The number of aliphatic carboxylic acids is 1. The van der Waals surface area contributed by atoms with Gasteiger partial charge in [0.05, 0.1) is 0 Å². The molecule has 29 heavy (non-hydrogen) atoms. The number of amides is 3. The van der Waals surface area contributed by atoms with Gasteiger partial charge in [-0.2, -0.15) is 0 Å². The minimum atomic E-state index is -1.18. The van der Waals surface area contributed by atoms with Crippen molar-refractivity contribution in [3.63, 3.8) is 0 Å². The summed E-state index contributed by atoms with van der Waals surface area (Å²) in [4.78, 5) is 46.9. The van der Waals surface area contributed by atoms with Gasteiger partial charge in [-0.1, -0.05) is 0 Å². The van der Waals surface area contributed by atoms with Gasteiger partial charge in [-0.15, -0.1) is 0 Å². The second kappa shape index (κ2) is 11.5. The first-order valence-electron chi connectivity index (χ1n) is 9.60. The zero-order valence-electron chi connectivity index (χ0n) is 18.4. The van der Waals surface area contributed by atoms with Gasteiger partial charge in [0.1, 0.15) is 23.3 Å². The summed E-state index contributed by atoms with van der Waals surface area (Å²) < 4.78 is 10.3. The molecule has 168 valence electrons. The average Bonchev–Trinajstić information content (AvgIpc) is 2.49. The Kier molecular flexibility index (Phi) is 10.5. The fraction of sp³-hybridized carbons (Fsp3) is 0.789. The molecule has 10 heteroatoms. The number of ether oxygens (including phenoxy) is 2. The van der Waals surface area contributed by atoms with E-state index >= 15 is 0 Å². The maximum Gasteiger partial charge on any atom is 0.408 e. The van der Waals surface area contributed by atoms with Crippen molar-refractivity contribution in [2.24, 2.45) is 0 Å². The van der Waals surface area contributed by atoms with Gasteiger partial charge in [-0.05, 0) is 67.7 Å². The summed E-state index contributed by atoms with van der Waals surface area (Å²) in [6.07, 6.45) is -0.0343. The van der Waals surface area contributed by atoms with Gasteiger partial charge in [0.25, 0.3) is 0 Å². The Morgan fingerprint density at radius 1 is 0.862 bits per heavy atom. The van der Waals surface area contributed by atoms with E-state index in [0.717, 1.165) is 0 Å². The summed E-state index contributed by atoms with van der Waals surface area (Å²) in [5, 5.41) is 16.4. The highest BCUT2D eigenvalue weighted by Crippen LogP contribution is 2.09. The molecule has 0 aromatic carbocycles. The van der Waals surface area contributed by atoms with Crippen molar-refractivity contribution in [3.8, 4) is 0 Å². The van der Waals surface area contributed by atoms with Gasteiger partial charge in [-0.3, -0.25) is 9.59 Å². The van der Waals surface area contributed by atoms with Gasteiger partial charge in [0.15, 0.2) is 0 Å². The third-order valence-corrected chi connectivity index (χ3v) is 3.32. The number of carbonyl (C=O) groups is 4. The van der Waals surface area contributed by atoms with Crippen LogP contribution in [0.25, 0.3) is 0 Å². The molecule has 0 aliphatic heterocycles. The first-order chi connectivity index (χ1) is 13.1. The van der Waals surface area contributed by atoms with Crippen molar-refractivity contribution < 1.29 is 33.8 Å². The third kappa shape index (κ3) is 14.2. The van der Waals surface area contributed by atoms with Crippen molar-refractivity contribution in [2.75, 3.05) is 6.54 Å². The fourth-order valence-electron chi connectivity index (χ4n) is 2.07. The summed E-state index contributed by atoms with van der Waals surface area (Å²) in [7, 11) is 0. The molecule has 2 atom stereocenters. The Morgan fingerprint density at radius 2 is 1.38 bits per heavy atom. The van der Waals surface area contributed by atoms with Crippen LogP contribution in [0.3, 0.4) is 0 Å². The van der Waals surface area contributed by atoms with E-state index < -0.39 is 47.3 Å². The SMILES string of the molecule is CC(NC(=O)C(CCCCNC(=O)OC(C)(C)C)NC(=O)OC(C)(C)C)C(=O)O. The van der Waals surface area contributed by atoms with Crippen LogP contribution < -0.4 is 16.0 Å². The number of unbranched alkanes of at least 4 members (excludes halogenated alkanes) is 1. The zero-order chi connectivity index (χ0) is 22.8. The number of rotatable bonds is 9. The number of hydrogen-bond acceptors (Lipinski definition) is 6. The minimum absolute atomic E-state index is 0.243. The van der Waals surface area contributed by atoms with Crippen LogP contribution in [0, 0.1) is 0 Å². The summed E-state index contributed by atoms with van der Waals surface area (Å²) in [6, 6.07) is -2.06. The first kappa shape index (κ1) is 26.5. The van der Waals surface area contributed by atoms with E-state index in [4.69, 9.17) is 14.6 Å². The molecule has 0 radical (unpaired) electrons. The molecule has 0 fully saturated rings. The number of hydrogen-bond donors (Lipinski definition) is 4. The molecule has 0 bridgehead atoms. The Labute approximate surface area is 172 Å². The molecule has 0 saturated heterocycles. The monoisotopic (exact) mass is 417 g/mol. The summed E-state index contributed by atoms with van der Waals surface area (Å²) in [6.45, 7) is 12.0. The largest absolute Gasteiger partial charge is 0.480 e. The predicted octanol–water partition coefficient (Wildman–Crippen LogP) is 2.16. The summed E-state index contributed by atoms with van der Waals surface area (Å²) in [5.41, 5.74) is -1.33. The Morgan fingerprint density at radius 3 is 1.86 bits per heavy atom. The standard InChI is InChI=1S/C19H35N3O7/c1-12(15(24)25)21-14(23)13(22-17(27)29-19(5,6)7)10-8-9-11-20-16(26)28-18(2,3)4/h12-13H,8-11H2,1-7H3,(H,20,26)(H,21,23)(H,22,27)(H,24,25). The lowest BCUT2D eigenvalue weighted by Crippen LogP contribution is -2.51. The molecule has 0 aromatic rings. The highest BCUT2D eigenvalue weighted by Gasteiger charge is 2.26. The molecule has 0 spiro atoms. The normalized spacial score (nSPS) is 13.6. The average molecular weight is 418 g/mol. The number of nitrogens with one attached hydrogen (secondary N) is 3. The van der Waals surface area contributed by atoms with Crippen LogP contribution in [-0.2, 0) is 19.1 Å². The molecule has 2 unspecified atom stereocenters. The van der Waals surface area contributed by atoms with Crippen molar-refractivity contribution in [1.82, 2.24) is 16.0 Å². The van der Waals surface area contributed by atoms with Gasteiger partial charge in [0.2, 0.25) is 5.91 Å². The fourth-order valence-corrected chi connectivity index (χ4v) is 2.07. The van der Waals surface area contributed by atoms with E-state index in [9.17, 15) is 19.2 Å². The van der Waals surface area contributed by atoms with E-state index in [-0.39, 0.29) is 6.42 Å². The van der Waals surface area contributed by atoms with E-state index in [1.165, 1.54) is 6.92 Å². The molecule has 10 nitrogen and oxygen atoms in total. The molecular formula is C19H35N3O7. The number of carbonyl (C=O) groups excluding carboxylic acids is 3. The second-order valence-electron chi connectivity index (χ2n) is 8.69. The maximum absolute atomic E-state index is 12.4. The van der Waals surface area contributed by atoms with Crippen LogP contribution in [0.4, 0.5) is 9.59 Å². The topological polar surface area (TPSA) is 143 Å². The van der Waals surface area contributed by atoms with E-state index in [1.54, 1.807) is 41.5 Å². The molecule has 0 aliphatic rings. The van der Waals surface area contributed by atoms with Gasteiger partial charge < -0.3 is 30.5 Å². The molecule has 0 heterocycles. The Bertz CT molecular complexity index is 579. The number of carboxylic acid groups (broad SMARTS) is 1. The Hall–Kier alpha value is -2.52. The van der Waals surface area contributed by atoms with Gasteiger partial charge in [-0.25, -0.2) is 9.59 Å². The lowest BCUT2D eigenvalue weighted by atomic mass is 10.1. The van der Waals surface area contributed by atoms with Crippen LogP contribution in [0.5, 0.6) is 0 Å². The van der Waals surface area contributed by atoms with Crippen molar-refractivity contribution in [1.29, 1.82) is 0 Å². The Balaban J connectivity index is 4.66. The first-order valence-corrected chi connectivity index (χ1v) is 9.60. The molecule has 3 amide bonds. The zero-order valence-corrected chi connectivity index (χ0v) is 18.4. The van der Waals surface area contributed by atoms with E-state index in [0.29, 0.717) is 19.4 Å². The molecule has 0 rings (SSSR count). The molecule has 0 aliphatic carbocycles. The van der Waals surface area contributed by atoms with Crippen LogP contribution in [0.15, 0.2) is 0 Å². The van der Waals surface area contributed by atoms with Crippen LogP contribution >= 0.6 is 0 Å². The van der Waals surface area contributed by atoms with Gasteiger partial charge in [0, 0.05) is 6.54 Å². The lowest BCUT2D eigenvalue weighted by Gasteiger charge is -2.24. The van der Waals surface area contributed by atoms with Crippen LogP contribution in [0.2, 0.25) is 0 Å². The quantitative estimate of drug-likeness (QED) is 0.421. The smallest absolute Gasteiger partial charge is 0.408 e. The molecule has 0 saturated carbocycles. The molecular weight excluding hydrogens is 382 g/mol. The van der Waals surface area contributed by atoms with Crippen LogP contribution in [-0.4, -0.2) is 59.0 Å². The lowest BCUT2D eigenvalue weighted by molar-refractivity contribution is -0.141. The molecule has 4 N–H and O–H groups in total. The number of alkyl carbamates (subject to hydrolysis) is 2.